The van der Waals surface area contributed by atoms with Crippen molar-refractivity contribution < 1.29 is 0 Å². The zero-order chi connectivity index (χ0) is 31.2. The topological polar surface area (TPSA) is 27.3 Å². The van der Waals surface area contributed by atoms with Crippen LogP contribution in [-0.4, -0.2) is 0 Å². The summed E-state index contributed by atoms with van der Waals surface area (Å²) in [6, 6.07) is 59.3. The van der Waals surface area contributed by atoms with Crippen LogP contribution in [0.4, 0.5) is 5.69 Å². The smallest absolute Gasteiger partial charge is 0.130 e. The van der Waals surface area contributed by atoms with Crippen LogP contribution in [0.2, 0.25) is 0 Å². The van der Waals surface area contributed by atoms with Crippen LogP contribution in [0.5, 0.6) is 0 Å². The summed E-state index contributed by atoms with van der Waals surface area (Å²) < 4.78 is 0. The number of rotatable bonds is 5. The van der Waals surface area contributed by atoms with Gasteiger partial charge < -0.3 is 15.5 Å². The lowest BCUT2D eigenvalue weighted by atomic mass is 9.93. The number of nitrogens with zero attached hydrogens (tertiary/aromatic N) is 1. The molecule has 0 aliphatic carbocycles. The Morgan fingerprint density at radius 3 is 1.62 bits per heavy atom. The van der Waals surface area contributed by atoms with Gasteiger partial charge >= 0.3 is 0 Å². The Labute approximate surface area is 275 Å². The molecule has 7 aromatic carbocycles. The van der Waals surface area contributed by atoms with E-state index >= 15 is 0 Å². The van der Waals surface area contributed by atoms with E-state index in [-0.39, 0.29) is 12.2 Å². The summed E-state index contributed by atoms with van der Waals surface area (Å²) in [4.78, 5) is 2.45. The largest absolute Gasteiger partial charge is 0.379 e. The highest BCUT2D eigenvalue weighted by atomic mass is 15.3. The van der Waals surface area contributed by atoms with Gasteiger partial charge in [-0.05, 0) is 110 Å². The number of hydrogen-bond donors (Lipinski definition) is 2. The average Bonchev–Trinajstić information content (AvgIpc) is 3.55. The SMILES string of the molecule is C1=CC2=C(NC(c3cc(-c4ccc5ccccc5c4)cc(-c4ccc5ccccc5c4)c3)N2c2ccccc2)C(c2ccccc2)N1. The van der Waals surface area contributed by atoms with Crippen molar-refractivity contribution in [2.45, 2.75) is 12.2 Å². The standard InChI is InChI=1S/C44H33N3/c1-3-13-32(14-4-1)42-43-41(23-24-45-42)47(40-17-5-2-6-18-40)44(46-43)39-28-37(35-21-19-30-11-7-9-15-33(30)25-35)27-38(29-39)36-22-20-31-12-8-10-16-34(31)26-36/h1-29,42,44-46H. The second-order valence-corrected chi connectivity index (χ2v) is 12.4. The minimum atomic E-state index is -0.113. The molecule has 2 atom stereocenters. The highest BCUT2D eigenvalue weighted by Crippen LogP contribution is 2.43. The van der Waals surface area contributed by atoms with E-state index in [9.17, 15) is 0 Å². The molecule has 0 fully saturated rings. The van der Waals surface area contributed by atoms with Gasteiger partial charge in [0.25, 0.3) is 0 Å². The van der Waals surface area contributed by atoms with Gasteiger partial charge in [0.1, 0.15) is 6.17 Å². The molecule has 3 heteroatoms. The zero-order valence-electron chi connectivity index (χ0n) is 25.8. The quantitative estimate of drug-likeness (QED) is 0.205. The van der Waals surface area contributed by atoms with Crippen LogP contribution in [0.15, 0.2) is 187 Å². The molecule has 3 nitrogen and oxygen atoms in total. The molecule has 224 valence electrons. The maximum Gasteiger partial charge on any atom is 0.130 e. The first-order valence-electron chi connectivity index (χ1n) is 16.2. The fourth-order valence-electron chi connectivity index (χ4n) is 7.16. The fraction of sp³-hybridized carbons (Fsp3) is 0.0455. The van der Waals surface area contributed by atoms with E-state index in [1.807, 2.05) is 0 Å². The Kier molecular flexibility index (Phi) is 6.60. The maximum atomic E-state index is 4.01. The van der Waals surface area contributed by atoms with Gasteiger partial charge in [0.05, 0.1) is 17.4 Å². The summed E-state index contributed by atoms with van der Waals surface area (Å²) in [7, 11) is 0. The van der Waals surface area contributed by atoms with E-state index < -0.39 is 0 Å². The molecule has 0 bridgehead atoms. The Balaban J connectivity index is 1.23. The lowest BCUT2D eigenvalue weighted by molar-refractivity contribution is 0.590. The van der Waals surface area contributed by atoms with Gasteiger partial charge in [0.15, 0.2) is 0 Å². The summed E-state index contributed by atoms with van der Waals surface area (Å²) in [5.41, 5.74) is 10.7. The molecule has 2 unspecified atom stereocenters. The molecule has 2 aliphatic heterocycles. The number of anilines is 1. The van der Waals surface area contributed by atoms with Crippen LogP contribution in [0.3, 0.4) is 0 Å². The third-order valence-corrected chi connectivity index (χ3v) is 9.48. The van der Waals surface area contributed by atoms with E-state index in [1.54, 1.807) is 0 Å². The van der Waals surface area contributed by atoms with Crippen molar-refractivity contribution >= 4 is 27.2 Å². The summed E-state index contributed by atoms with van der Waals surface area (Å²) >= 11 is 0. The molecule has 0 saturated carbocycles. The van der Waals surface area contributed by atoms with E-state index in [2.05, 4.69) is 192 Å². The Morgan fingerprint density at radius 1 is 0.447 bits per heavy atom. The van der Waals surface area contributed by atoms with Crippen molar-refractivity contribution in [3.05, 3.63) is 199 Å². The molecule has 0 radical (unpaired) electrons. The van der Waals surface area contributed by atoms with Crippen molar-refractivity contribution in [1.29, 1.82) is 0 Å². The summed E-state index contributed by atoms with van der Waals surface area (Å²) in [6.07, 6.45) is 4.17. The molecule has 2 aliphatic rings. The van der Waals surface area contributed by atoms with Gasteiger partial charge in [-0.1, -0.05) is 121 Å². The molecular formula is C44H33N3. The van der Waals surface area contributed by atoms with Crippen LogP contribution in [0.25, 0.3) is 43.8 Å². The van der Waals surface area contributed by atoms with Gasteiger partial charge in [0, 0.05) is 5.69 Å². The monoisotopic (exact) mass is 603 g/mol. The molecule has 47 heavy (non-hydrogen) atoms. The summed E-state index contributed by atoms with van der Waals surface area (Å²) in [6.45, 7) is 0. The van der Waals surface area contributed by atoms with Crippen molar-refractivity contribution in [3.63, 3.8) is 0 Å². The first-order chi connectivity index (χ1) is 23.3. The molecule has 0 amide bonds. The number of fused-ring (bicyclic) bond motifs is 2. The van der Waals surface area contributed by atoms with Crippen molar-refractivity contribution in [3.8, 4) is 22.3 Å². The molecule has 2 heterocycles. The zero-order valence-corrected chi connectivity index (χ0v) is 25.8. The summed E-state index contributed by atoms with van der Waals surface area (Å²) in [5, 5.41) is 12.6. The van der Waals surface area contributed by atoms with Gasteiger partial charge in [0.2, 0.25) is 0 Å². The number of benzene rings is 7. The second kappa shape index (κ2) is 11.4. The van der Waals surface area contributed by atoms with Crippen LogP contribution in [-0.2, 0) is 0 Å². The molecule has 9 rings (SSSR count). The predicted octanol–water partition coefficient (Wildman–Crippen LogP) is 10.5. The Hall–Kier alpha value is -6.06. The molecule has 2 N–H and O–H groups in total. The molecule has 0 spiro atoms. The van der Waals surface area contributed by atoms with Gasteiger partial charge in [-0.2, -0.15) is 0 Å². The molecule has 7 aromatic rings. The Bertz CT molecular complexity index is 2220. The summed E-state index contributed by atoms with van der Waals surface area (Å²) in [5.74, 6) is 0. The number of nitrogens with one attached hydrogen (secondary N) is 2. The normalized spacial score (nSPS) is 17.1. The highest BCUT2D eigenvalue weighted by molar-refractivity contribution is 5.90. The maximum absolute atomic E-state index is 4.01. The lowest BCUT2D eigenvalue weighted by Crippen LogP contribution is -2.30. The molecule has 0 aromatic heterocycles. The van der Waals surface area contributed by atoms with Crippen molar-refractivity contribution in [1.82, 2.24) is 10.6 Å². The minimum Gasteiger partial charge on any atom is -0.379 e. The highest BCUT2D eigenvalue weighted by Gasteiger charge is 2.37. The van der Waals surface area contributed by atoms with Gasteiger partial charge in [-0.25, -0.2) is 0 Å². The number of allylic oxidation sites excluding steroid dienone is 1. The van der Waals surface area contributed by atoms with Crippen LogP contribution in [0, 0.1) is 0 Å². The van der Waals surface area contributed by atoms with Crippen molar-refractivity contribution in [2.24, 2.45) is 0 Å². The molecular weight excluding hydrogens is 571 g/mol. The first-order valence-corrected chi connectivity index (χ1v) is 16.2. The second-order valence-electron chi connectivity index (χ2n) is 12.4. The van der Waals surface area contributed by atoms with Crippen molar-refractivity contribution in [2.75, 3.05) is 4.90 Å². The van der Waals surface area contributed by atoms with E-state index in [0.29, 0.717) is 0 Å². The predicted molar refractivity (Wildman–Crippen MR) is 196 cm³/mol. The third kappa shape index (κ3) is 4.93. The number of dihydropyridines is 1. The fourth-order valence-corrected chi connectivity index (χ4v) is 7.16. The van der Waals surface area contributed by atoms with E-state index in [0.717, 1.165) is 5.69 Å². The van der Waals surface area contributed by atoms with E-state index in [1.165, 1.54) is 66.3 Å². The Morgan fingerprint density at radius 2 is 1.00 bits per heavy atom. The van der Waals surface area contributed by atoms with Gasteiger partial charge in [-0.15, -0.1) is 0 Å². The number of para-hydroxylation sites is 1. The van der Waals surface area contributed by atoms with Gasteiger partial charge in [-0.3, -0.25) is 0 Å². The number of hydrogen-bond acceptors (Lipinski definition) is 3. The van der Waals surface area contributed by atoms with E-state index in [4.69, 9.17) is 0 Å². The minimum absolute atomic E-state index is 0.0241. The lowest BCUT2D eigenvalue weighted by Gasteiger charge is -2.29. The molecule has 0 saturated heterocycles. The van der Waals surface area contributed by atoms with Crippen LogP contribution in [0.1, 0.15) is 23.3 Å². The van der Waals surface area contributed by atoms with Crippen LogP contribution >= 0.6 is 0 Å². The third-order valence-electron chi connectivity index (χ3n) is 9.48. The first kappa shape index (κ1) is 27.3. The average molecular weight is 604 g/mol. The van der Waals surface area contributed by atoms with Crippen LogP contribution < -0.4 is 15.5 Å².